The Balaban J connectivity index is 2.00. The number of hydrogen-bond acceptors (Lipinski definition) is 4. The second-order valence-electron chi connectivity index (χ2n) is 3.94. The minimum absolute atomic E-state index is 0.0127. The lowest BCUT2D eigenvalue weighted by Gasteiger charge is -2.10. The monoisotopic (exact) mass is 283 g/mol. The Morgan fingerprint density at radius 3 is 2.89 bits per heavy atom. The number of nitrogens with one attached hydrogen (secondary N) is 1. The molecule has 0 aliphatic heterocycles. The topological polar surface area (TPSA) is 54.9 Å². The number of carbonyl (C=O) groups is 1. The summed E-state index contributed by atoms with van der Waals surface area (Å²) in [5.74, 6) is -3.16. The lowest BCUT2D eigenvalue weighted by atomic mass is 10.2. The third-order valence-electron chi connectivity index (χ3n) is 2.53. The molecular formula is C12H11F2N3OS. The van der Waals surface area contributed by atoms with E-state index < -0.39 is 17.7 Å². The van der Waals surface area contributed by atoms with Gasteiger partial charge in [-0.3, -0.25) is 4.79 Å². The first-order valence-corrected chi connectivity index (χ1v) is 6.45. The van der Waals surface area contributed by atoms with Gasteiger partial charge in [-0.15, -0.1) is 11.3 Å². The molecular weight excluding hydrogens is 272 g/mol. The summed E-state index contributed by atoms with van der Waals surface area (Å²) in [7, 11) is 0. The van der Waals surface area contributed by atoms with E-state index in [4.69, 9.17) is 0 Å². The zero-order valence-corrected chi connectivity index (χ0v) is 10.9. The van der Waals surface area contributed by atoms with Crippen LogP contribution >= 0.6 is 11.3 Å². The Morgan fingerprint density at radius 2 is 2.21 bits per heavy atom. The van der Waals surface area contributed by atoms with E-state index in [2.05, 4.69) is 15.3 Å². The van der Waals surface area contributed by atoms with Crippen molar-refractivity contribution in [3.05, 3.63) is 46.2 Å². The predicted octanol–water partition coefficient (Wildman–Crippen LogP) is 2.35. The van der Waals surface area contributed by atoms with Crippen LogP contribution in [0.25, 0.3) is 0 Å². The van der Waals surface area contributed by atoms with Crippen LogP contribution in [0.1, 0.15) is 28.2 Å². The fourth-order valence-electron chi connectivity index (χ4n) is 1.50. The molecule has 1 atom stereocenters. The average molecular weight is 283 g/mol. The fourth-order valence-corrected chi connectivity index (χ4v) is 2.20. The van der Waals surface area contributed by atoms with Crippen molar-refractivity contribution >= 4 is 17.2 Å². The first-order valence-electron chi connectivity index (χ1n) is 5.57. The zero-order chi connectivity index (χ0) is 13.8. The van der Waals surface area contributed by atoms with E-state index in [0.29, 0.717) is 6.54 Å². The van der Waals surface area contributed by atoms with Crippen LogP contribution in [-0.4, -0.2) is 22.4 Å². The second kappa shape index (κ2) is 5.83. The number of thiazole rings is 1. The number of amides is 1. The van der Waals surface area contributed by atoms with Gasteiger partial charge < -0.3 is 5.32 Å². The number of halogens is 2. The molecule has 1 amide bonds. The van der Waals surface area contributed by atoms with Crippen molar-refractivity contribution in [1.82, 2.24) is 15.3 Å². The quantitative estimate of drug-likeness (QED) is 0.876. The molecule has 0 radical (unpaired) electrons. The molecule has 2 aromatic heterocycles. The number of hydrogen-bond donors (Lipinski definition) is 1. The Morgan fingerprint density at radius 1 is 1.42 bits per heavy atom. The molecule has 0 aromatic carbocycles. The predicted molar refractivity (Wildman–Crippen MR) is 67.0 cm³/mol. The summed E-state index contributed by atoms with van der Waals surface area (Å²) in [4.78, 5) is 19.0. The highest BCUT2D eigenvalue weighted by molar-refractivity contribution is 7.09. The standard InChI is InChI=1S/C12H11F2N3OS/c1-7(12-16-4-5-19-12)6-17-11(18)8-2-3-15-10(14)9(8)13/h2-5,7H,6H2,1H3,(H,17,18). The summed E-state index contributed by atoms with van der Waals surface area (Å²) >= 11 is 1.48. The van der Waals surface area contributed by atoms with Gasteiger partial charge in [0.2, 0.25) is 5.95 Å². The lowest BCUT2D eigenvalue weighted by molar-refractivity contribution is 0.0946. The van der Waals surface area contributed by atoms with Crippen molar-refractivity contribution in [2.45, 2.75) is 12.8 Å². The number of pyridine rings is 1. The molecule has 7 heteroatoms. The lowest BCUT2D eigenvalue weighted by Crippen LogP contribution is -2.28. The highest BCUT2D eigenvalue weighted by Gasteiger charge is 2.17. The van der Waals surface area contributed by atoms with E-state index in [1.807, 2.05) is 12.3 Å². The molecule has 2 rings (SSSR count). The van der Waals surface area contributed by atoms with Gasteiger partial charge in [-0.1, -0.05) is 6.92 Å². The molecule has 0 saturated carbocycles. The van der Waals surface area contributed by atoms with Crippen molar-refractivity contribution in [1.29, 1.82) is 0 Å². The van der Waals surface area contributed by atoms with Gasteiger partial charge in [0.05, 0.1) is 10.6 Å². The van der Waals surface area contributed by atoms with E-state index in [9.17, 15) is 13.6 Å². The summed E-state index contributed by atoms with van der Waals surface area (Å²) in [5, 5.41) is 5.26. The summed E-state index contributed by atoms with van der Waals surface area (Å²) in [6, 6.07) is 1.14. The molecule has 0 fully saturated rings. The smallest absolute Gasteiger partial charge is 0.254 e. The molecule has 0 saturated heterocycles. The summed E-state index contributed by atoms with van der Waals surface area (Å²) in [5.41, 5.74) is -0.348. The first kappa shape index (κ1) is 13.5. The third-order valence-corrected chi connectivity index (χ3v) is 3.54. The average Bonchev–Trinajstić information content (AvgIpc) is 2.93. The van der Waals surface area contributed by atoms with Crippen molar-refractivity contribution < 1.29 is 13.6 Å². The van der Waals surface area contributed by atoms with E-state index in [1.165, 1.54) is 11.3 Å². The minimum Gasteiger partial charge on any atom is -0.351 e. The highest BCUT2D eigenvalue weighted by atomic mass is 32.1. The van der Waals surface area contributed by atoms with E-state index in [0.717, 1.165) is 17.3 Å². The molecule has 1 N–H and O–H groups in total. The van der Waals surface area contributed by atoms with Gasteiger partial charge in [-0.2, -0.15) is 4.39 Å². The van der Waals surface area contributed by atoms with Crippen LogP contribution in [0.2, 0.25) is 0 Å². The fraction of sp³-hybridized carbons (Fsp3) is 0.250. The van der Waals surface area contributed by atoms with Crippen molar-refractivity contribution in [3.63, 3.8) is 0 Å². The van der Waals surface area contributed by atoms with Crippen LogP contribution in [0.15, 0.2) is 23.8 Å². The number of aromatic nitrogens is 2. The maximum absolute atomic E-state index is 13.3. The molecule has 2 aromatic rings. The van der Waals surface area contributed by atoms with Crippen LogP contribution in [0.5, 0.6) is 0 Å². The van der Waals surface area contributed by atoms with Gasteiger partial charge in [-0.25, -0.2) is 14.4 Å². The molecule has 0 bridgehead atoms. The van der Waals surface area contributed by atoms with Gasteiger partial charge in [0.25, 0.3) is 5.91 Å². The second-order valence-corrected chi connectivity index (χ2v) is 4.87. The van der Waals surface area contributed by atoms with Gasteiger partial charge in [0.15, 0.2) is 5.82 Å². The van der Waals surface area contributed by atoms with Gasteiger partial charge in [0.1, 0.15) is 0 Å². The summed E-state index contributed by atoms with van der Waals surface area (Å²) in [6.07, 6.45) is 2.73. The van der Waals surface area contributed by atoms with Crippen molar-refractivity contribution in [2.24, 2.45) is 0 Å². The van der Waals surface area contributed by atoms with Crippen molar-refractivity contribution in [2.75, 3.05) is 6.54 Å². The Hall–Kier alpha value is -1.89. The van der Waals surface area contributed by atoms with E-state index in [-0.39, 0.29) is 11.5 Å². The normalized spacial score (nSPS) is 12.2. The molecule has 2 heterocycles. The maximum Gasteiger partial charge on any atom is 0.254 e. The minimum atomic E-state index is -1.28. The number of rotatable bonds is 4. The molecule has 0 aliphatic rings. The Bertz CT molecular complexity index is 574. The summed E-state index contributed by atoms with van der Waals surface area (Å²) in [6.45, 7) is 2.19. The molecule has 100 valence electrons. The maximum atomic E-state index is 13.3. The summed E-state index contributed by atoms with van der Waals surface area (Å²) < 4.78 is 26.2. The molecule has 4 nitrogen and oxygen atoms in total. The molecule has 1 unspecified atom stereocenters. The first-order chi connectivity index (χ1) is 9.09. The van der Waals surface area contributed by atoms with Crippen LogP contribution in [0.3, 0.4) is 0 Å². The third kappa shape index (κ3) is 3.11. The van der Waals surface area contributed by atoms with Gasteiger partial charge >= 0.3 is 0 Å². The van der Waals surface area contributed by atoms with Crippen LogP contribution in [0, 0.1) is 11.8 Å². The molecule has 19 heavy (non-hydrogen) atoms. The molecule has 0 spiro atoms. The van der Waals surface area contributed by atoms with Gasteiger partial charge in [-0.05, 0) is 6.07 Å². The highest BCUT2D eigenvalue weighted by Crippen LogP contribution is 2.16. The zero-order valence-electron chi connectivity index (χ0n) is 10.1. The van der Waals surface area contributed by atoms with E-state index >= 15 is 0 Å². The van der Waals surface area contributed by atoms with Crippen LogP contribution < -0.4 is 5.32 Å². The van der Waals surface area contributed by atoms with Crippen LogP contribution in [0.4, 0.5) is 8.78 Å². The number of nitrogens with zero attached hydrogens (tertiary/aromatic N) is 2. The van der Waals surface area contributed by atoms with Crippen LogP contribution in [-0.2, 0) is 0 Å². The number of carbonyl (C=O) groups excluding carboxylic acids is 1. The Labute approximate surface area is 112 Å². The van der Waals surface area contributed by atoms with E-state index in [1.54, 1.807) is 6.20 Å². The van der Waals surface area contributed by atoms with Gasteiger partial charge in [0, 0.05) is 30.2 Å². The van der Waals surface area contributed by atoms with Crippen molar-refractivity contribution in [3.8, 4) is 0 Å². The Kier molecular flexibility index (Phi) is 4.16. The largest absolute Gasteiger partial charge is 0.351 e. The SMILES string of the molecule is CC(CNC(=O)c1ccnc(F)c1F)c1nccs1. The molecule has 0 aliphatic carbocycles.